The van der Waals surface area contributed by atoms with Gasteiger partial charge >= 0.3 is 6.36 Å². The SMILES string of the molecule is C=C/C(F)=C(\F)c1ccc(C2CCC(CCc3cc(F)c(OC(F)(F)F)c(F)c3)CC2)c(F)c1. The Balaban J connectivity index is 1.57. The lowest BCUT2D eigenvalue weighted by Gasteiger charge is -2.29. The third-order valence-electron chi connectivity index (χ3n) is 6.05. The Morgan fingerprint density at radius 1 is 0.941 bits per heavy atom. The van der Waals surface area contributed by atoms with Gasteiger partial charge in [0, 0.05) is 5.56 Å². The number of halogens is 8. The molecule has 0 aliphatic heterocycles. The first-order chi connectivity index (χ1) is 16.0. The smallest absolute Gasteiger partial charge is 0.399 e. The Labute approximate surface area is 191 Å². The molecule has 1 aliphatic carbocycles. The average molecular weight is 490 g/mol. The van der Waals surface area contributed by atoms with Gasteiger partial charge in [0.05, 0.1) is 0 Å². The summed E-state index contributed by atoms with van der Waals surface area (Å²) in [6.07, 6.45) is -0.966. The first-order valence-corrected chi connectivity index (χ1v) is 10.7. The van der Waals surface area contributed by atoms with Crippen molar-refractivity contribution in [2.75, 3.05) is 0 Å². The van der Waals surface area contributed by atoms with Gasteiger partial charge < -0.3 is 4.74 Å². The maximum Gasteiger partial charge on any atom is 0.573 e. The van der Waals surface area contributed by atoms with Gasteiger partial charge in [-0.1, -0.05) is 18.7 Å². The van der Waals surface area contributed by atoms with E-state index in [-0.39, 0.29) is 29.4 Å². The van der Waals surface area contributed by atoms with E-state index in [4.69, 9.17) is 0 Å². The summed E-state index contributed by atoms with van der Waals surface area (Å²) in [6, 6.07) is 5.37. The Bertz CT molecular complexity index is 1040. The Kier molecular flexibility index (Phi) is 8.05. The molecule has 1 nitrogen and oxygen atoms in total. The Morgan fingerprint density at radius 2 is 1.56 bits per heavy atom. The predicted molar refractivity (Wildman–Crippen MR) is 112 cm³/mol. The van der Waals surface area contributed by atoms with E-state index in [9.17, 15) is 35.1 Å². The monoisotopic (exact) mass is 490 g/mol. The van der Waals surface area contributed by atoms with Crippen LogP contribution in [-0.4, -0.2) is 6.36 Å². The molecule has 1 aliphatic rings. The molecule has 0 aromatic heterocycles. The largest absolute Gasteiger partial charge is 0.573 e. The predicted octanol–water partition coefficient (Wildman–Crippen LogP) is 8.70. The number of allylic oxidation sites excluding steroid dienone is 2. The summed E-state index contributed by atoms with van der Waals surface area (Å²) in [4.78, 5) is 0. The van der Waals surface area contributed by atoms with E-state index in [1.807, 2.05) is 0 Å². The molecule has 0 unspecified atom stereocenters. The fraction of sp³-hybridized carbons (Fsp3) is 0.360. The zero-order valence-corrected chi connectivity index (χ0v) is 18.0. The van der Waals surface area contributed by atoms with Crippen molar-refractivity contribution >= 4 is 5.83 Å². The van der Waals surface area contributed by atoms with Gasteiger partial charge in [0.2, 0.25) is 5.75 Å². The second-order valence-corrected chi connectivity index (χ2v) is 8.30. The minimum absolute atomic E-state index is 0.102. The maximum atomic E-state index is 14.6. The molecule has 1 saturated carbocycles. The number of ether oxygens (including phenoxy) is 1. The number of hydrogen-bond acceptors (Lipinski definition) is 1. The van der Waals surface area contributed by atoms with Crippen molar-refractivity contribution in [3.8, 4) is 5.75 Å². The van der Waals surface area contributed by atoms with E-state index in [1.165, 1.54) is 12.1 Å². The molecule has 0 atom stereocenters. The van der Waals surface area contributed by atoms with Gasteiger partial charge in [0.25, 0.3) is 0 Å². The molecular weight excluding hydrogens is 468 g/mol. The van der Waals surface area contributed by atoms with Gasteiger partial charge in [-0.05, 0) is 85.8 Å². The van der Waals surface area contributed by atoms with Crippen molar-refractivity contribution in [3.63, 3.8) is 0 Å². The van der Waals surface area contributed by atoms with Crippen LogP contribution in [0.15, 0.2) is 48.8 Å². The molecule has 34 heavy (non-hydrogen) atoms. The summed E-state index contributed by atoms with van der Waals surface area (Å²) in [7, 11) is 0. The maximum absolute atomic E-state index is 14.6. The number of rotatable bonds is 7. The van der Waals surface area contributed by atoms with Crippen molar-refractivity contribution in [2.45, 2.75) is 50.8 Å². The lowest BCUT2D eigenvalue weighted by Crippen LogP contribution is -2.19. The van der Waals surface area contributed by atoms with Crippen LogP contribution in [0.1, 0.15) is 54.7 Å². The number of hydrogen-bond donors (Lipinski definition) is 0. The summed E-state index contributed by atoms with van der Waals surface area (Å²) >= 11 is 0. The van der Waals surface area contributed by atoms with Crippen LogP contribution < -0.4 is 4.74 Å². The van der Waals surface area contributed by atoms with Crippen LogP contribution in [0.25, 0.3) is 5.83 Å². The molecule has 2 aromatic rings. The van der Waals surface area contributed by atoms with Gasteiger partial charge in [-0.3, -0.25) is 0 Å². The van der Waals surface area contributed by atoms with Crippen molar-refractivity contribution in [1.29, 1.82) is 0 Å². The Hall–Kier alpha value is -2.84. The van der Waals surface area contributed by atoms with Crippen LogP contribution >= 0.6 is 0 Å². The van der Waals surface area contributed by atoms with E-state index in [0.717, 1.165) is 18.2 Å². The van der Waals surface area contributed by atoms with Crippen molar-refractivity contribution < 1.29 is 39.9 Å². The van der Waals surface area contributed by atoms with E-state index in [2.05, 4.69) is 11.3 Å². The summed E-state index contributed by atoms with van der Waals surface area (Å²) in [6.45, 7) is 3.14. The number of alkyl halides is 3. The lowest BCUT2D eigenvalue weighted by molar-refractivity contribution is -0.276. The normalized spacial score (nSPS) is 19.5. The summed E-state index contributed by atoms with van der Waals surface area (Å²) < 4.78 is 110. The summed E-state index contributed by atoms with van der Waals surface area (Å²) in [5.41, 5.74) is 0.423. The van der Waals surface area contributed by atoms with Crippen LogP contribution in [-0.2, 0) is 6.42 Å². The molecule has 0 heterocycles. The number of benzene rings is 2. The van der Waals surface area contributed by atoms with Gasteiger partial charge in [0.1, 0.15) is 5.82 Å². The highest BCUT2D eigenvalue weighted by Crippen LogP contribution is 2.39. The molecule has 0 N–H and O–H groups in total. The highest BCUT2D eigenvalue weighted by atomic mass is 19.4. The van der Waals surface area contributed by atoms with Crippen molar-refractivity contribution in [2.24, 2.45) is 5.92 Å². The highest BCUT2D eigenvalue weighted by Gasteiger charge is 2.34. The molecule has 0 saturated heterocycles. The fourth-order valence-electron chi connectivity index (χ4n) is 4.33. The molecule has 184 valence electrons. The van der Waals surface area contributed by atoms with E-state index in [0.29, 0.717) is 43.7 Å². The zero-order chi connectivity index (χ0) is 25.0. The third-order valence-corrected chi connectivity index (χ3v) is 6.05. The lowest BCUT2D eigenvalue weighted by atomic mass is 9.76. The molecule has 3 rings (SSSR count). The second-order valence-electron chi connectivity index (χ2n) is 8.30. The van der Waals surface area contributed by atoms with E-state index >= 15 is 0 Å². The number of aryl methyl sites for hydroxylation is 1. The van der Waals surface area contributed by atoms with Gasteiger partial charge in [-0.25, -0.2) is 22.0 Å². The second kappa shape index (κ2) is 10.6. The van der Waals surface area contributed by atoms with E-state index < -0.39 is 41.2 Å². The highest BCUT2D eigenvalue weighted by molar-refractivity contribution is 5.63. The van der Waals surface area contributed by atoms with Crippen LogP contribution in [0, 0.1) is 23.4 Å². The summed E-state index contributed by atoms with van der Waals surface area (Å²) in [5, 5.41) is 0. The van der Waals surface area contributed by atoms with Crippen LogP contribution in [0.5, 0.6) is 5.75 Å². The quantitative estimate of drug-likeness (QED) is 0.279. The first kappa shape index (κ1) is 25.8. The molecule has 0 amide bonds. The molecular formula is C25H22F8O. The molecule has 1 fully saturated rings. The first-order valence-electron chi connectivity index (χ1n) is 10.7. The van der Waals surface area contributed by atoms with Crippen LogP contribution in [0.2, 0.25) is 0 Å². The summed E-state index contributed by atoms with van der Waals surface area (Å²) in [5.74, 6) is -7.21. The fourth-order valence-corrected chi connectivity index (χ4v) is 4.33. The Morgan fingerprint density at radius 3 is 2.09 bits per heavy atom. The van der Waals surface area contributed by atoms with Crippen molar-refractivity contribution in [1.82, 2.24) is 0 Å². The van der Waals surface area contributed by atoms with E-state index in [1.54, 1.807) is 0 Å². The molecule has 9 heteroatoms. The standard InChI is InChI=1S/C25H22F8O/c1-2-19(26)23(30)17-9-10-18(20(27)13-17)16-7-5-14(6-8-16)3-4-15-11-21(28)24(22(29)12-15)34-25(31,32)33/h2,9-14,16H,1,3-8H2/b23-19+. The van der Waals surface area contributed by atoms with Gasteiger partial charge in [-0.2, -0.15) is 0 Å². The van der Waals surface area contributed by atoms with Crippen LogP contribution in [0.4, 0.5) is 35.1 Å². The average Bonchev–Trinajstić information content (AvgIpc) is 2.79. The molecule has 0 spiro atoms. The van der Waals surface area contributed by atoms with Gasteiger partial charge in [-0.15, -0.1) is 13.2 Å². The third kappa shape index (κ3) is 6.39. The zero-order valence-electron chi connectivity index (χ0n) is 18.0. The molecule has 2 aromatic carbocycles. The molecule has 0 radical (unpaired) electrons. The topological polar surface area (TPSA) is 9.23 Å². The minimum Gasteiger partial charge on any atom is -0.399 e. The minimum atomic E-state index is -5.20. The van der Waals surface area contributed by atoms with Gasteiger partial charge in [0.15, 0.2) is 23.3 Å². The molecule has 0 bridgehead atoms. The van der Waals surface area contributed by atoms with Crippen molar-refractivity contribution in [3.05, 3.63) is 83.0 Å². The van der Waals surface area contributed by atoms with Crippen LogP contribution in [0.3, 0.4) is 0 Å².